The Hall–Kier alpha value is -0.356. The number of fused-ring (bicyclic) bond motifs is 2. The third-order valence-electron chi connectivity index (χ3n) is 7.67. The molecule has 4 rings (SSSR count). The van der Waals surface area contributed by atoms with Gasteiger partial charge in [0.15, 0.2) is 0 Å². The zero-order valence-corrected chi connectivity index (χ0v) is 26.6. The molecule has 0 nitrogen and oxygen atoms in total. The van der Waals surface area contributed by atoms with Gasteiger partial charge >= 0.3 is 220 Å². The van der Waals surface area contributed by atoms with Crippen LogP contribution in [0.25, 0.3) is 12.2 Å². The summed E-state index contributed by atoms with van der Waals surface area (Å²) >= 11 is -0.223. The molecule has 0 aliphatic heterocycles. The molecule has 0 amide bonds. The first-order valence-corrected chi connectivity index (χ1v) is 17.2. The second kappa shape index (κ2) is 15.9. The van der Waals surface area contributed by atoms with Crippen LogP contribution in [0.3, 0.4) is 0 Å². The first-order chi connectivity index (χ1) is 16.6. The minimum absolute atomic E-state index is 0. The van der Waals surface area contributed by atoms with Crippen molar-refractivity contribution in [1.29, 1.82) is 0 Å². The van der Waals surface area contributed by atoms with Crippen LogP contribution in [0.1, 0.15) is 107 Å². The molecule has 2 unspecified atom stereocenters. The fourth-order valence-electron chi connectivity index (χ4n) is 5.68. The molecule has 2 aromatic carbocycles. The van der Waals surface area contributed by atoms with Gasteiger partial charge in [0.2, 0.25) is 0 Å². The van der Waals surface area contributed by atoms with Gasteiger partial charge in [-0.3, -0.25) is 0 Å². The van der Waals surface area contributed by atoms with Gasteiger partial charge in [-0.15, -0.1) is 0 Å². The molecule has 194 valence electrons. The summed E-state index contributed by atoms with van der Waals surface area (Å²) in [5.74, 6) is 0. The number of rotatable bonds is 13. The van der Waals surface area contributed by atoms with Crippen molar-refractivity contribution in [2.75, 3.05) is 12.3 Å². The van der Waals surface area contributed by atoms with Gasteiger partial charge in [-0.1, -0.05) is 0 Å². The largest absolute Gasteiger partial charge is 1.00 e. The van der Waals surface area contributed by atoms with E-state index in [9.17, 15) is 0 Å². The van der Waals surface area contributed by atoms with Crippen LogP contribution in [-0.4, -0.2) is 12.3 Å². The van der Waals surface area contributed by atoms with Gasteiger partial charge in [-0.2, -0.15) is 0 Å². The predicted molar refractivity (Wildman–Crippen MR) is 150 cm³/mol. The second-order valence-corrected chi connectivity index (χ2v) is 15.2. The standard InChI is InChI=1S/C21H32P.C11H11.2ClH.Ti/c1-3-5-7-11-15-22(16-12-8-6-4-2)21-17-19-13-9-10-14-20(19)18-21;1-8-6-7-9(2)11-5-3-4-10(8)11;;;/h9-10,13-14,17-18H,3-8,11-12,15-16H2,1-2H3;3-7H,1-2H3;2*1H;/q;;;;+2/p-2. The van der Waals surface area contributed by atoms with E-state index in [0.29, 0.717) is 4.22 Å². The van der Waals surface area contributed by atoms with E-state index in [4.69, 9.17) is 0 Å². The van der Waals surface area contributed by atoms with Crippen LogP contribution >= 0.6 is 7.92 Å². The third kappa shape index (κ3) is 7.61. The van der Waals surface area contributed by atoms with Gasteiger partial charge in [0.05, 0.1) is 0 Å². The molecular formula is C32H43Cl2PTi. The number of hydrogen-bond donors (Lipinski definition) is 0. The number of benzene rings is 2. The van der Waals surface area contributed by atoms with Crippen LogP contribution in [0.5, 0.6) is 0 Å². The quantitative estimate of drug-likeness (QED) is 0.190. The van der Waals surface area contributed by atoms with E-state index < -0.39 is 0 Å². The normalized spacial score (nSPS) is 17.2. The second-order valence-electron chi connectivity index (χ2n) is 10.3. The molecule has 0 aromatic heterocycles. The van der Waals surface area contributed by atoms with Gasteiger partial charge in [0, 0.05) is 0 Å². The average Bonchev–Trinajstić information content (AvgIpc) is 3.44. The number of hydrogen-bond acceptors (Lipinski definition) is 0. The molecule has 36 heavy (non-hydrogen) atoms. The van der Waals surface area contributed by atoms with Crippen LogP contribution < -0.4 is 24.8 Å². The number of halogens is 2. The van der Waals surface area contributed by atoms with Crippen molar-refractivity contribution in [1.82, 2.24) is 0 Å². The summed E-state index contributed by atoms with van der Waals surface area (Å²) in [7, 11) is -0.0138. The molecule has 0 saturated heterocycles. The summed E-state index contributed by atoms with van der Waals surface area (Å²) in [4.78, 5) is 0. The monoisotopic (exact) mass is 576 g/mol. The van der Waals surface area contributed by atoms with E-state index in [1.54, 1.807) is 11.1 Å². The Morgan fingerprint density at radius 1 is 0.778 bits per heavy atom. The topological polar surface area (TPSA) is 0 Å². The van der Waals surface area contributed by atoms with Crippen molar-refractivity contribution in [3.8, 4) is 0 Å². The number of allylic oxidation sites excluding steroid dienone is 2. The van der Waals surface area contributed by atoms with E-state index >= 15 is 0 Å². The summed E-state index contributed by atoms with van der Waals surface area (Å²) in [6.45, 7) is 9.29. The van der Waals surface area contributed by atoms with Gasteiger partial charge in [-0.25, -0.2) is 0 Å². The third-order valence-corrected chi connectivity index (χ3v) is 13.7. The van der Waals surface area contributed by atoms with Gasteiger partial charge in [0.25, 0.3) is 0 Å². The van der Waals surface area contributed by atoms with Crippen LogP contribution in [0, 0.1) is 13.8 Å². The molecule has 4 heteroatoms. The number of unbranched alkanes of at least 4 members (excludes halogenated alkanes) is 6. The maximum atomic E-state index is 2.66. The smallest absolute Gasteiger partial charge is 1.00 e. The van der Waals surface area contributed by atoms with E-state index in [0.717, 1.165) is 4.22 Å². The zero-order chi connectivity index (χ0) is 23.9. The van der Waals surface area contributed by atoms with Crippen molar-refractivity contribution < 1.29 is 44.0 Å². The average molecular weight is 577 g/mol. The molecule has 0 heterocycles. The van der Waals surface area contributed by atoms with Crippen molar-refractivity contribution in [3.63, 3.8) is 0 Å². The van der Waals surface area contributed by atoms with Crippen molar-refractivity contribution in [2.45, 2.75) is 87.5 Å². The molecule has 2 aromatic rings. The van der Waals surface area contributed by atoms with E-state index in [-0.39, 0.29) is 51.9 Å². The predicted octanol–water partition coefficient (Wildman–Crippen LogP) is 4.20. The van der Waals surface area contributed by atoms with Crippen molar-refractivity contribution in [2.24, 2.45) is 0 Å². The van der Waals surface area contributed by atoms with Crippen molar-refractivity contribution >= 4 is 20.1 Å². The fraction of sp³-hybridized carbons (Fsp3) is 0.500. The first kappa shape index (κ1) is 31.9. The molecular weight excluding hydrogens is 534 g/mol. The summed E-state index contributed by atoms with van der Waals surface area (Å²) in [6, 6.07) is 14.0. The summed E-state index contributed by atoms with van der Waals surface area (Å²) in [6.07, 6.45) is 21.8. The minimum atomic E-state index is -0.223. The maximum absolute atomic E-state index is 2.66. The van der Waals surface area contributed by atoms with Crippen LogP contribution in [-0.2, 0) is 19.2 Å². The molecule has 0 bridgehead atoms. The van der Waals surface area contributed by atoms with E-state index in [1.165, 1.54) is 85.9 Å². The van der Waals surface area contributed by atoms with Crippen LogP contribution in [0.4, 0.5) is 0 Å². The molecule has 2 aliphatic rings. The Bertz CT molecular complexity index is 1020. The van der Waals surface area contributed by atoms with E-state index in [1.807, 2.05) is 5.31 Å². The molecule has 0 N–H and O–H groups in total. The Labute approximate surface area is 243 Å². The number of aryl methyl sites for hydroxylation is 2. The summed E-state index contributed by atoms with van der Waals surface area (Å²) in [5.41, 5.74) is 9.30. The van der Waals surface area contributed by atoms with Gasteiger partial charge < -0.3 is 24.8 Å². The Balaban J connectivity index is 0.00000228. The summed E-state index contributed by atoms with van der Waals surface area (Å²) < 4.78 is 1.40. The Kier molecular flexibility index (Phi) is 14.1. The Morgan fingerprint density at radius 3 is 2.08 bits per heavy atom. The first-order valence-electron chi connectivity index (χ1n) is 13.7. The Morgan fingerprint density at radius 2 is 1.42 bits per heavy atom. The van der Waals surface area contributed by atoms with Crippen molar-refractivity contribution in [3.05, 3.63) is 81.2 Å². The minimum Gasteiger partial charge on any atom is -1.00 e. The summed E-state index contributed by atoms with van der Waals surface area (Å²) in [5, 5.41) is 1.87. The molecule has 0 radical (unpaired) electrons. The molecule has 0 spiro atoms. The SMILES string of the molecule is CCCCCCP(CCCCCC)C1=Cc2ccccc2[CH]1[Ti+2][CH]1C=Cc2c(C)ccc(C)c21.[Cl-].[Cl-]. The van der Waals surface area contributed by atoms with Gasteiger partial charge in [-0.05, 0) is 0 Å². The van der Waals surface area contributed by atoms with E-state index in [2.05, 4.69) is 82.3 Å². The molecule has 0 fully saturated rings. The molecule has 2 aliphatic carbocycles. The molecule has 0 saturated carbocycles. The fourth-order valence-corrected chi connectivity index (χ4v) is 12.5. The van der Waals surface area contributed by atoms with Gasteiger partial charge in [0.1, 0.15) is 0 Å². The maximum Gasteiger partial charge on any atom is -1.00 e. The van der Waals surface area contributed by atoms with Crippen LogP contribution in [0.15, 0.2) is 47.8 Å². The van der Waals surface area contributed by atoms with Crippen LogP contribution in [0.2, 0.25) is 0 Å². The zero-order valence-electron chi connectivity index (χ0n) is 22.6. The molecule has 2 atom stereocenters.